The van der Waals surface area contributed by atoms with E-state index in [-0.39, 0.29) is 62.0 Å². The summed E-state index contributed by atoms with van der Waals surface area (Å²) in [7, 11) is -4.30. The first kappa shape index (κ1) is 29.6. The Morgan fingerprint density at radius 3 is 1.94 bits per heavy atom. The van der Waals surface area contributed by atoms with Crippen molar-refractivity contribution in [1.29, 1.82) is 0 Å². The zero-order valence-electron chi connectivity index (χ0n) is 19.5. The molecule has 0 atom stereocenters. The van der Waals surface area contributed by atoms with Gasteiger partial charge in [0.15, 0.2) is 0 Å². The Morgan fingerprint density at radius 2 is 1.38 bits per heavy atom. The van der Waals surface area contributed by atoms with Gasteiger partial charge in [-0.15, -0.1) is 5.75 Å². The van der Waals surface area contributed by atoms with Crippen molar-refractivity contribution in [2.24, 2.45) is 0 Å². The van der Waals surface area contributed by atoms with Gasteiger partial charge in [0, 0.05) is 0 Å². The van der Waals surface area contributed by atoms with Crippen LogP contribution in [0.2, 0.25) is 0 Å². The molecule has 2 rings (SSSR count). The van der Waals surface area contributed by atoms with Gasteiger partial charge in [0.25, 0.3) is 10.1 Å². The molecule has 0 saturated heterocycles. The molecular weight excluding hydrogens is 451 g/mol. The second-order valence-electron chi connectivity index (χ2n) is 8.11. The molecule has 0 aliphatic carbocycles. The van der Waals surface area contributed by atoms with Gasteiger partial charge in [0.1, 0.15) is 11.5 Å². The molecule has 32 heavy (non-hydrogen) atoms. The van der Waals surface area contributed by atoms with Crippen LogP contribution in [0.25, 0.3) is 0 Å². The number of hydrogen-bond acceptors (Lipinski definition) is 4. The summed E-state index contributed by atoms with van der Waals surface area (Å²) in [5, 5.41) is 11.5. The van der Waals surface area contributed by atoms with E-state index >= 15 is 0 Å². The van der Waals surface area contributed by atoms with E-state index in [2.05, 4.69) is 6.92 Å². The maximum atomic E-state index is 11.7. The fourth-order valence-corrected chi connectivity index (χ4v) is 4.45. The summed E-state index contributed by atoms with van der Waals surface area (Å²) in [5.41, 5.74) is 0.536. The standard InChI is InChI=1S/C25H36O5S.K/c1-2-3-4-5-6-7-8-9-10-11-12-14-21-19-24(17-18-25(21)31(27,28)29)30-23-16-13-15-22(26)20-23;/h13,15-20,26H,2-12,14H2,1H3,(H,27,28,29);/q;+1/p-1. The minimum absolute atomic E-state index is 0. The van der Waals surface area contributed by atoms with Crippen LogP contribution in [0.3, 0.4) is 0 Å². The minimum atomic E-state index is -4.30. The van der Waals surface area contributed by atoms with Crippen LogP contribution >= 0.6 is 0 Å². The van der Waals surface area contributed by atoms with Crippen molar-refractivity contribution in [2.75, 3.05) is 0 Å². The minimum Gasteiger partial charge on any atom is -0.872 e. The SMILES string of the molecule is CCCCCCCCCCCCCc1cc(Oc2cccc([O-])c2)ccc1S(=O)(=O)O.[K+]. The summed E-state index contributed by atoms with van der Waals surface area (Å²) >= 11 is 0. The maximum Gasteiger partial charge on any atom is 1.00 e. The summed E-state index contributed by atoms with van der Waals surface area (Å²) in [6, 6.07) is 10.6. The average molecular weight is 487 g/mol. The molecule has 1 N–H and O–H groups in total. The molecule has 0 spiro atoms. The monoisotopic (exact) mass is 486 g/mol. The van der Waals surface area contributed by atoms with Gasteiger partial charge in [-0.05, 0) is 48.7 Å². The Balaban J connectivity index is 0.00000512. The number of unbranched alkanes of at least 4 members (excludes halogenated alkanes) is 10. The van der Waals surface area contributed by atoms with E-state index in [9.17, 15) is 18.1 Å². The Morgan fingerprint density at radius 1 is 0.812 bits per heavy atom. The summed E-state index contributed by atoms with van der Waals surface area (Å²) in [5.74, 6) is 0.678. The van der Waals surface area contributed by atoms with Crippen molar-refractivity contribution < 1.29 is 74.2 Å². The van der Waals surface area contributed by atoms with Gasteiger partial charge < -0.3 is 9.84 Å². The van der Waals surface area contributed by atoms with Crippen molar-refractivity contribution >= 4 is 10.1 Å². The van der Waals surface area contributed by atoms with Crippen molar-refractivity contribution in [3.05, 3.63) is 48.0 Å². The van der Waals surface area contributed by atoms with Crippen molar-refractivity contribution in [3.63, 3.8) is 0 Å². The van der Waals surface area contributed by atoms with Gasteiger partial charge in [-0.25, -0.2) is 0 Å². The Hall–Kier alpha value is -0.414. The zero-order valence-corrected chi connectivity index (χ0v) is 23.5. The average Bonchev–Trinajstić information content (AvgIpc) is 2.71. The summed E-state index contributed by atoms with van der Waals surface area (Å²) in [4.78, 5) is -0.0792. The van der Waals surface area contributed by atoms with Crippen LogP contribution in [0.1, 0.15) is 83.1 Å². The first-order valence-corrected chi connectivity index (χ1v) is 12.9. The Kier molecular flexibility index (Phi) is 15.0. The molecule has 5 nitrogen and oxygen atoms in total. The summed E-state index contributed by atoms with van der Waals surface area (Å²) < 4.78 is 38.7. The molecule has 7 heteroatoms. The van der Waals surface area contributed by atoms with Gasteiger partial charge in [0.05, 0.1) is 4.90 Å². The van der Waals surface area contributed by atoms with Gasteiger partial charge in [-0.3, -0.25) is 4.55 Å². The predicted molar refractivity (Wildman–Crippen MR) is 122 cm³/mol. The third-order valence-electron chi connectivity index (χ3n) is 5.40. The van der Waals surface area contributed by atoms with Crippen molar-refractivity contribution in [1.82, 2.24) is 0 Å². The summed E-state index contributed by atoms with van der Waals surface area (Å²) in [6.07, 6.45) is 13.9. The molecule has 0 radical (unpaired) electrons. The number of ether oxygens (including phenoxy) is 1. The molecule has 172 valence electrons. The largest absolute Gasteiger partial charge is 1.00 e. The smallest absolute Gasteiger partial charge is 0.872 e. The number of rotatable bonds is 15. The van der Waals surface area contributed by atoms with E-state index in [1.807, 2.05) is 0 Å². The number of hydrogen-bond donors (Lipinski definition) is 1. The predicted octanol–water partition coefficient (Wildman–Crippen LogP) is 3.66. The molecule has 0 bridgehead atoms. The van der Waals surface area contributed by atoms with Crippen LogP contribution in [0.15, 0.2) is 47.4 Å². The van der Waals surface area contributed by atoms with Gasteiger partial charge in [-0.1, -0.05) is 83.3 Å². The molecule has 0 amide bonds. The van der Waals surface area contributed by atoms with Crippen molar-refractivity contribution in [3.8, 4) is 17.2 Å². The van der Waals surface area contributed by atoms with Gasteiger partial charge >= 0.3 is 51.4 Å². The molecule has 2 aromatic carbocycles. The van der Waals surface area contributed by atoms with E-state index in [1.165, 1.54) is 75.6 Å². The van der Waals surface area contributed by atoms with Crippen LogP contribution < -0.4 is 61.2 Å². The van der Waals surface area contributed by atoms with Crippen LogP contribution in [0.5, 0.6) is 17.2 Å². The van der Waals surface area contributed by atoms with E-state index in [0.29, 0.717) is 23.5 Å². The number of benzene rings is 2. The van der Waals surface area contributed by atoms with E-state index in [0.717, 1.165) is 19.3 Å². The second-order valence-corrected chi connectivity index (χ2v) is 9.50. The zero-order chi connectivity index (χ0) is 22.5. The Labute approximate surface area is 236 Å². The third-order valence-corrected chi connectivity index (χ3v) is 6.35. The first-order valence-electron chi connectivity index (χ1n) is 11.5. The first-order chi connectivity index (χ1) is 14.9. The van der Waals surface area contributed by atoms with Crippen LogP contribution in [-0.4, -0.2) is 13.0 Å². The van der Waals surface area contributed by atoms with E-state index < -0.39 is 10.1 Å². The van der Waals surface area contributed by atoms with Crippen molar-refractivity contribution in [2.45, 2.75) is 88.9 Å². The normalized spacial score (nSPS) is 11.2. The quantitative estimate of drug-likeness (QED) is 0.236. The molecule has 0 aromatic heterocycles. The van der Waals surface area contributed by atoms with Crippen LogP contribution in [0.4, 0.5) is 0 Å². The third kappa shape index (κ3) is 11.6. The maximum absolute atomic E-state index is 11.7. The van der Waals surface area contributed by atoms with E-state index in [4.69, 9.17) is 4.74 Å². The van der Waals surface area contributed by atoms with Crippen LogP contribution in [-0.2, 0) is 16.5 Å². The Bertz CT molecular complexity index is 899. The molecule has 0 heterocycles. The topological polar surface area (TPSA) is 86.7 Å². The van der Waals surface area contributed by atoms with Gasteiger partial charge in [0.2, 0.25) is 0 Å². The molecule has 2 aromatic rings. The molecular formula is C25H35KO5S. The summed E-state index contributed by atoms with van der Waals surface area (Å²) in [6.45, 7) is 2.23. The molecule has 0 unspecified atom stereocenters. The number of aryl methyl sites for hydroxylation is 1. The molecule has 0 saturated carbocycles. The molecule has 0 fully saturated rings. The fourth-order valence-electron chi connectivity index (χ4n) is 3.72. The van der Waals surface area contributed by atoms with Gasteiger partial charge in [-0.2, -0.15) is 8.42 Å². The van der Waals surface area contributed by atoms with E-state index in [1.54, 1.807) is 18.2 Å². The second kappa shape index (κ2) is 16.3. The fraction of sp³-hybridized carbons (Fsp3) is 0.520. The van der Waals surface area contributed by atoms with Crippen LogP contribution in [0, 0.1) is 0 Å². The molecule has 0 aliphatic rings. The molecule has 0 aliphatic heterocycles.